The van der Waals surface area contributed by atoms with Gasteiger partial charge in [-0.15, -0.1) is 0 Å². The lowest BCUT2D eigenvalue weighted by molar-refractivity contribution is 0.377. The number of nitrogens with one attached hydrogen (secondary N) is 1. The van der Waals surface area contributed by atoms with Gasteiger partial charge in [0, 0.05) is 17.4 Å². The number of hydrogen-bond acceptors (Lipinski definition) is 5. The first-order valence-corrected chi connectivity index (χ1v) is 6.18. The minimum atomic E-state index is -0.176. The molecule has 6 heteroatoms. The zero-order valence-corrected chi connectivity index (χ0v) is 11.3. The fourth-order valence-electron chi connectivity index (χ4n) is 1.82. The molecule has 2 aromatic rings. The molecule has 1 atom stereocenters. The molecule has 5 nitrogen and oxygen atoms in total. The molecular weight excluding hydrogens is 264 g/mol. The van der Waals surface area contributed by atoms with Gasteiger partial charge in [0.25, 0.3) is 0 Å². The second-order valence-corrected chi connectivity index (χ2v) is 4.44. The molecule has 3 N–H and O–H groups in total. The van der Waals surface area contributed by atoms with Crippen LogP contribution in [0.15, 0.2) is 36.7 Å². The summed E-state index contributed by atoms with van der Waals surface area (Å²) in [4.78, 5) is 8.40. The van der Waals surface area contributed by atoms with Gasteiger partial charge in [-0.25, -0.2) is 4.98 Å². The van der Waals surface area contributed by atoms with E-state index >= 15 is 0 Å². The molecular formula is C13H15ClN4O. The summed E-state index contributed by atoms with van der Waals surface area (Å²) < 4.78 is 5.19. The quantitative estimate of drug-likeness (QED) is 0.645. The number of halogens is 1. The predicted molar refractivity (Wildman–Crippen MR) is 73.8 cm³/mol. The number of methoxy groups -OCH3 is 1. The number of rotatable bonds is 5. The van der Waals surface area contributed by atoms with Crippen molar-refractivity contribution in [2.75, 3.05) is 7.11 Å². The molecule has 0 amide bonds. The zero-order chi connectivity index (χ0) is 13.7. The van der Waals surface area contributed by atoms with Crippen molar-refractivity contribution in [3.63, 3.8) is 0 Å². The predicted octanol–water partition coefficient (Wildman–Crippen LogP) is 1.89. The highest BCUT2D eigenvalue weighted by Gasteiger charge is 2.17. The summed E-state index contributed by atoms with van der Waals surface area (Å²) in [7, 11) is 1.56. The summed E-state index contributed by atoms with van der Waals surface area (Å²) in [5.41, 5.74) is 4.52. The minimum absolute atomic E-state index is 0.176. The van der Waals surface area contributed by atoms with Crippen molar-refractivity contribution in [3.8, 4) is 5.88 Å². The number of nitrogens with two attached hydrogens (primary N) is 1. The van der Waals surface area contributed by atoms with Crippen molar-refractivity contribution in [2.24, 2.45) is 5.84 Å². The molecule has 100 valence electrons. The van der Waals surface area contributed by atoms with E-state index in [9.17, 15) is 0 Å². The highest BCUT2D eigenvalue weighted by Crippen LogP contribution is 2.23. The molecule has 2 rings (SSSR count). The van der Waals surface area contributed by atoms with Gasteiger partial charge < -0.3 is 4.74 Å². The van der Waals surface area contributed by atoms with Crippen molar-refractivity contribution in [3.05, 3.63) is 52.9 Å². The molecule has 1 unspecified atom stereocenters. The average molecular weight is 279 g/mol. The third-order valence-corrected chi connectivity index (χ3v) is 3.02. The summed E-state index contributed by atoms with van der Waals surface area (Å²) in [6.45, 7) is 0. The molecule has 1 aromatic heterocycles. The Balaban J connectivity index is 2.22. The topological polar surface area (TPSA) is 73.1 Å². The highest BCUT2D eigenvalue weighted by atomic mass is 35.5. The van der Waals surface area contributed by atoms with Crippen LogP contribution < -0.4 is 16.0 Å². The van der Waals surface area contributed by atoms with Crippen molar-refractivity contribution in [1.29, 1.82) is 0 Å². The van der Waals surface area contributed by atoms with Gasteiger partial charge in [0.05, 0.1) is 13.2 Å². The maximum Gasteiger partial charge on any atom is 0.237 e. The van der Waals surface area contributed by atoms with Crippen LogP contribution in [0, 0.1) is 0 Å². The first-order valence-electron chi connectivity index (χ1n) is 5.80. The lowest BCUT2D eigenvalue weighted by Gasteiger charge is -2.17. The first-order chi connectivity index (χ1) is 9.24. The van der Waals surface area contributed by atoms with Crippen LogP contribution in [0.3, 0.4) is 0 Å². The molecule has 1 heterocycles. The summed E-state index contributed by atoms with van der Waals surface area (Å²) in [6.07, 6.45) is 3.87. The van der Waals surface area contributed by atoms with Gasteiger partial charge in [-0.2, -0.15) is 0 Å². The van der Waals surface area contributed by atoms with Gasteiger partial charge in [0.2, 0.25) is 5.88 Å². The molecule has 0 aliphatic carbocycles. The van der Waals surface area contributed by atoms with E-state index in [2.05, 4.69) is 15.4 Å². The van der Waals surface area contributed by atoms with E-state index in [1.54, 1.807) is 19.5 Å². The Morgan fingerprint density at radius 2 is 1.95 bits per heavy atom. The van der Waals surface area contributed by atoms with E-state index in [4.69, 9.17) is 22.2 Å². The van der Waals surface area contributed by atoms with E-state index in [1.165, 1.54) is 0 Å². The Labute approximate surface area is 116 Å². The normalized spacial score (nSPS) is 12.2. The van der Waals surface area contributed by atoms with Crippen molar-refractivity contribution < 1.29 is 4.74 Å². The molecule has 0 bridgehead atoms. The Bertz CT molecular complexity index is 532. The third kappa shape index (κ3) is 3.41. The average Bonchev–Trinajstić information content (AvgIpc) is 2.46. The van der Waals surface area contributed by atoms with Gasteiger partial charge >= 0.3 is 0 Å². The van der Waals surface area contributed by atoms with Gasteiger partial charge in [-0.1, -0.05) is 23.7 Å². The van der Waals surface area contributed by atoms with E-state index in [0.717, 1.165) is 5.56 Å². The van der Waals surface area contributed by atoms with Crippen molar-refractivity contribution >= 4 is 11.6 Å². The second-order valence-electron chi connectivity index (χ2n) is 4.00. The fraction of sp³-hybridized carbons (Fsp3) is 0.231. The third-order valence-electron chi connectivity index (χ3n) is 2.77. The lowest BCUT2D eigenvalue weighted by Crippen LogP contribution is -2.30. The smallest absolute Gasteiger partial charge is 0.237 e. The molecule has 0 saturated heterocycles. The number of nitrogens with zero attached hydrogens (tertiary/aromatic N) is 2. The fourth-order valence-corrected chi connectivity index (χ4v) is 1.95. The largest absolute Gasteiger partial charge is 0.480 e. The monoisotopic (exact) mass is 278 g/mol. The van der Waals surface area contributed by atoms with Crippen LogP contribution in [0.1, 0.15) is 17.3 Å². The molecule has 19 heavy (non-hydrogen) atoms. The SMILES string of the molecule is COc1nccnc1C(Cc1ccc(Cl)cc1)NN. The van der Waals surface area contributed by atoms with Crippen molar-refractivity contribution in [2.45, 2.75) is 12.5 Å². The lowest BCUT2D eigenvalue weighted by atomic mass is 10.0. The van der Waals surface area contributed by atoms with E-state index in [-0.39, 0.29) is 6.04 Å². The van der Waals surface area contributed by atoms with Crippen LogP contribution in [0.4, 0.5) is 0 Å². The summed E-state index contributed by atoms with van der Waals surface area (Å²) in [5, 5.41) is 0.707. The summed E-state index contributed by atoms with van der Waals surface area (Å²) in [6, 6.07) is 7.42. The molecule has 0 aliphatic heterocycles. The first kappa shape index (κ1) is 13.7. The Morgan fingerprint density at radius 3 is 2.58 bits per heavy atom. The molecule has 0 radical (unpaired) electrons. The highest BCUT2D eigenvalue weighted by molar-refractivity contribution is 6.30. The van der Waals surface area contributed by atoms with E-state index in [0.29, 0.717) is 23.0 Å². The van der Waals surface area contributed by atoms with Crippen LogP contribution in [-0.2, 0) is 6.42 Å². The summed E-state index contributed by atoms with van der Waals surface area (Å²) >= 11 is 5.86. The van der Waals surface area contributed by atoms with Crippen LogP contribution in [0.5, 0.6) is 5.88 Å². The van der Waals surface area contributed by atoms with Gasteiger partial charge in [0.15, 0.2) is 0 Å². The standard InChI is InChI=1S/C13H15ClN4O/c1-19-13-12(16-6-7-17-13)11(18-15)8-9-2-4-10(14)5-3-9/h2-7,11,18H,8,15H2,1H3. The number of aromatic nitrogens is 2. The van der Waals surface area contributed by atoms with E-state index < -0.39 is 0 Å². The van der Waals surface area contributed by atoms with Crippen LogP contribution >= 0.6 is 11.6 Å². The second kappa shape index (κ2) is 6.47. The van der Waals surface area contributed by atoms with Gasteiger partial charge in [0.1, 0.15) is 5.69 Å². The Hall–Kier alpha value is -1.69. The maximum atomic E-state index is 5.86. The van der Waals surface area contributed by atoms with Crippen LogP contribution in [-0.4, -0.2) is 17.1 Å². The maximum absolute atomic E-state index is 5.86. The summed E-state index contributed by atoms with van der Waals surface area (Å²) in [5.74, 6) is 6.08. The van der Waals surface area contributed by atoms with Gasteiger partial charge in [-0.3, -0.25) is 16.3 Å². The van der Waals surface area contributed by atoms with Gasteiger partial charge in [-0.05, 0) is 24.1 Å². The number of benzene rings is 1. The van der Waals surface area contributed by atoms with Crippen LogP contribution in [0.2, 0.25) is 5.02 Å². The number of ether oxygens (including phenoxy) is 1. The van der Waals surface area contributed by atoms with Crippen LogP contribution in [0.25, 0.3) is 0 Å². The molecule has 0 fully saturated rings. The Kier molecular flexibility index (Phi) is 4.68. The van der Waals surface area contributed by atoms with E-state index in [1.807, 2.05) is 24.3 Å². The molecule has 1 aromatic carbocycles. The zero-order valence-electron chi connectivity index (χ0n) is 10.5. The molecule has 0 spiro atoms. The molecule has 0 aliphatic rings. The molecule has 0 saturated carbocycles. The van der Waals surface area contributed by atoms with Crippen molar-refractivity contribution in [1.82, 2.24) is 15.4 Å². The minimum Gasteiger partial charge on any atom is -0.480 e. The Morgan fingerprint density at radius 1 is 1.26 bits per heavy atom. The number of hydrazine groups is 1. The number of hydrogen-bond donors (Lipinski definition) is 2.